The van der Waals surface area contributed by atoms with Gasteiger partial charge in [0.15, 0.2) is 0 Å². The molecule has 0 unspecified atom stereocenters. The summed E-state index contributed by atoms with van der Waals surface area (Å²) in [5.74, 6) is 0.0309. The fourth-order valence-corrected chi connectivity index (χ4v) is 3.72. The van der Waals surface area contributed by atoms with Crippen LogP contribution >= 0.6 is 15.9 Å². The summed E-state index contributed by atoms with van der Waals surface area (Å²) in [6, 6.07) is 8.19. The number of aliphatic carboxylic acids is 1. The Kier molecular flexibility index (Phi) is 5.44. The molecule has 0 aliphatic heterocycles. The fourth-order valence-electron chi connectivity index (χ4n) is 3.27. The average Bonchev–Trinajstić information content (AvgIpc) is 2.41. The van der Waals surface area contributed by atoms with E-state index in [1.165, 1.54) is 5.56 Å². The van der Waals surface area contributed by atoms with Crippen LogP contribution in [-0.4, -0.2) is 29.6 Å². The van der Waals surface area contributed by atoms with E-state index >= 15 is 0 Å². The predicted octanol–water partition coefficient (Wildman–Crippen LogP) is 4.16. The Bertz CT molecular complexity index is 495. The average molecular weight is 354 g/mol. The summed E-state index contributed by atoms with van der Waals surface area (Å²) in [7, 11) is 2.02. The van der Waals surface area contributed by atoms with Gasteiger partial charge in [0.1, 0.15) is 0 Å². The van der Waals surface area contributed by atoms with Crippen LogP contribution in [0.1, 0.15) is 38.2 Å². The van der Waals surface area contributed by atoms with E-state index in [-0.39, 0.29) is 0 Å². The summed E-state index contributed by atoms with van der Waals surface area (Å²) < 4.78 is 1.06. The Morgan fingerprint density at radius 2 is 2.10 bits per heavy atom. The van der Waals surface area contributed by atoms with E-state index in [0.717, 1.165) is 36.7 Å². The lowest BCUT2D eigenvalue weighted by atomic mass is 9.70. The summed E-state index contributed by atoms with van der Waals surface area (Å²) in [6.07, 6.45) is 3.65. The van der Waals surface area contributed by atoms with Gasteiger partial charge < -0.3 is 10.0 Å². The highest BCUT2D eigenvalue weighted by Gasteiger charge is 2.41. The molecule has 21 heavy (non-hydrogen) atoms. The summed E-state index contributed by atoms with van der Waals surface area (Å²) >= 11 is 3.48. The molecule has 0 bridgehead atoms. The van der Waals surface area contributed by atoms with Gasteiger partial charge in [0, 0.05) is 17.6 Å². The van der Waals surface area contributed by atoms with Crippen LogP contribution in [0.4, 0.5) is 0 Å². The van der Waals surface area contributed by atoms with Crippen LogP contribution < -0.4 is 0 Å². The van der Waals surface area contributed by atoms with Gasteiger partial charge in [0.2, 0.25) is 0 Å². The van der Waals surface area contributed by atoms with Crippen molar-refractivity contribution in [2.75, 3.05) is 13.6 Å². The number of halogens is 1. The van der Waals surface area contributed by atoms with Crippen molar-refractivity contribution in [2.24, 2.45) is 11.3 Å². The molecule has 1 aliphatic rings. The first-order valence-electron chi connectivity index (χ1n) is 7.58. The Morgan fingerprint density at radius 3 is 2.67 bits per heavy atom. The minimum Gasteiger partial charge on any atom is -0.481 e. The lowest BCUT2D eigenvalue weighted by Gasteiger charge is -2.38. The molecule has 0 spiro atoms. The van der Waals surface area contributed by atoms with Crippen LogP contribution in [0.25, 0.3) is 0 Å². The van der Waals surface area contributed by atoms with Gasteiger partial charge in [-0.1, -0.05) is 35.0 Å². The van der Waals surface area contributed by atoms with Crippen molar-refractivity contribution in [3.8, 4) is 0 Å². The highest BCUT2D eigenvalue weighted by atomic mass is 79.9. The highest BCUT2D eigenvalue weighted by Crippen LogP contribution is 2.39. The summed E-state index contributed by atoms with van der Waals surface area (Å²) in [5.41, 5.74) is 0.643. The van der Waals surface area contributed by atoms with Crippen LogP contribution in [0, 0.1) is 11.3 Å². The quantitative estimate of drug-likeness (QED) is 0.863. The van der Waals surface area contributed by atoms with E-state index in [9.17, 15) is 9.90 Å². The molecule has 0 radical (unpaired) electrons. The van der Waals surface area contributed by atoms with Crippen LogP contribution in [0.5, 0.6) is 0 Å². The number of carboxylic acid groups (broad SMARTS) is 1. The van der Waals surface area contributed by atoms with Crippen molar-refractivity contribution >= 4 is 21.9 Å². The zero-order valence-electron chi connectivity index (χ0n) is 12.8. The molecule has 1 N–H and O–H groups in total. The van der Waals surface area contributed by atoms with E-state index in [0.29, 0.717) is 12.5 Å². The lowest BCUT2D eigenvalue weighted by Crippen LogP contribution is -2.44. The maximum atomic E-state index is 11.8. The van der Waals surface area contributed by atoms with Gasteiger partial charge in [-0.25, -0.2) is 0 Å². The van der Waals surface area contributed by atoms with E-state index < -0.39 is 11.4 Å². The third-order valence-corrected chi connectivity index (χ3v) is 5.09. The zero-order valence-corrected chi connectivity index (χ0v) is 14.4. The lowest BCUT2D eigenvalue weighted by molar-refractivity contribution is -0.153. The van der Waals surface area contributed by atoms with Gasteiger partial charge in [-0.05, 0) is 56.3 Å². The minimum atomic E-state index is -0.629. The molecular formula is C17H24BrNO2. The molecule has 3 nitrogen and oxygen atoms in total. The smallest absolute Gasteiger partial charge is 0.310 e. The van der Waals surface area contributed by atoms with Gasteiger partial charge in [-0.2, -0.15) is 0 Å². The third kappa shape index (κ3) is 4.30. The topological polar surface area (TPSA) is 40.5 Å². The van der Waals surface area contributed by atoms with E-state index in [1.807, 2.05) is 19.2 Å². The zero-order chi connectivity index (χ0) is 15.5. The molecule has 1 aliphatic carbocycles. The number of carbonyl (C=O) groups is 1. The molecule has 4 heteroatoms. The molecule has 2 rings (SSSR count). The maximum absolute atomic E-state index is 11.8. The molecular weight excluding hydrogens is 330 g/mol. The normalized spacial score (nSPS) is 26.0. The van der Waals surface area contributed by atoms with Crippen molar-refractivity contribution in [2.45, 2.75) is 39.2 Å². The van der Waals surface area contributed by atoms with Crippen LogP contribution in [0.2, 0.25) is 0 Å². The minimum absolute atomic E-state index is 0.562. The standard InChI is InChI=1S/C17H24BrNO2/c1-13-6-8-17(9-7-13,16(20)21)12-19(2)11-14-4-3-5-15(18)10-14/h3-5,10,13H,6-9,11-12H2,1-2H3,(H,20,21). The number of nitrogens with zero attached hydrogens (tertiary/aromatic N) is 1. The summed E-state index contributed by atoms with van der Waals surface area (Å²) in [5, 5.41) is 9.70. The number of carboxylic acids is 1. The van der Waals surface area contributed by atoms with Crippen molar-refractivity contribution in [3.63, 3.8) is 0 Å². The summed E-state index contributed by atoms with van der Waals surface area (Å²) in [6.45, 7) is 3.63. The second-order valence-corrected chi connectivity index (χ2v) is 7.49. The van der Waals surface area contributed by atoms with E-state index in [1.54, 1.807) is 0 Å². The molecule has 0 heterocycles. The van der Waals surface area contributed by atoms with Crippen molar-refractivity contribution in [1.29, 1.82) is 0 Å². The Hall–Kier alpha value is -0.870. The first kappa shape index (κ1) is 16.5. The van der Waals surface area contributed by atoms with E-state index in [2.05, 4.69) is 39.9 Å². The molecule has 116 valence electrons. The highest BCUT2D eigenvalue weighted by molar-refractivity contribution is 9.10. The number of benzene rings is 1. The molecule has 0 atom stereocenters. The van der Waals surface area contributed by atoms with Crippen molar-refractivity contribution in [1.82, 2.24) is 4.90 Å². The first-order chi connectivity index (χ1) is 9.91. The molecule has 0 aromatic heterocycles. The molecule has 1 saturated carbocycles. The van der Waals surface area contributed by atoms with Gasteiger partial charge in [-0.3, -0.25) is 4.79 Å². The van der Waals surface area contributed by atoms with Gasteiger partial charge in [0.05, 0.1) is 5.41 Å². The second kappa shape index (κ2) is 6.93. The molecule has 0 saturated heterocycles. The monoisotopic (exact) mass is 353 g/mol. The first-order valence-corrected chi connectivity index (χ1v) is 8.37. The second-order valence-electron chi connectivity index (χ2n) is 6.57. The molecule has 1 aromatic carbocycles. The van der Waals surface area contributed by atoms with Crippen LogP contribution in [-0.2, 0) is 11.3 Å². The van der Waals surface area contributed by atoms with Crippen LogP contribution in [0.15, 0.2) is 28.7 Å². The largest absolute Gasteiger partial charge is 0.481 e. The number of rotatable bonds is 5. The maximum Gasteiger partial charge on any atom is 0.310 e. The molecule has 0 amide bonds. The number of hydrogen-bond acceptors (Lipinski definition) is 2. The Labute approximate surface area is 135 Å². The van der Waals surface area contributed by atoms with Gasteiger partial charge in [0.25, 0.3) is 0 Å². The third-order valence-electron chi connectivity index (χ3n) is 4.60. The predicted molar refractivity (Wildman–Crippen MR) is 88.2 cm³/mol. The Morgan fingerprint density at radius 1 is 1.43 bits per heavy atom. The van der Waals surface area contributed by atoms with Gasteiger partial charge >= 0.3 is 5.97 Å². The van der Waals surface area contributed by atoms with Crippen molar-refractivity contribution in [3.05, 3.63) is 34.3 Å². The van der Waals surface area contributed by atoms with Crippen molar-refractivity contribution < 1.29 is 9.90 Å². The number of hydrogen-bond donors (Lipinski definition) is 1. The van der Waals surface area contributed by atoms with E-state index in [4.69, 9.17) is 0 Å². The Balaban J connectivity index is 2.02. The molecule has 1 fully saturated rings. The summed E-state index contributed by atoms with van der Waals surface area (Å²) in [4.78, 5) is 13.9. The fraction of sp³-hybridized carbons (Fsp3) is 0.588. The van der Waals surface area contributed by atoms with Crippen LogP contribution in [0.3, 0.4) is 0 Å². The molecule has 1 aromatic rings. The SMILES string of the molecule is CC1CCC(CN(C)Cc2cccc(Br)c2)(C(=O)O)CC1. The van der Waals surface area contributed by atoms with Gasteiger partial charge in [-0.15, -0.1) is 0 Å².